The van der Waals surface area contributed by atoms with Crippen LogP contribution in [0.1, 0.15) is 23.7 Å². The van der Waals surface area contributed by atoms with Gasteiger partial charge in [-0.25, -0.2) is 0 Å². The largest absolute Gasteiger partial charge is 0.360 e. The van der Waals surface area contributed by atoms with Crippen molar-refractivity contribution < 1.29 is 4.79 Å². The number of aromatic nitrogens is 1. The Hall–Kier alpha value is -2.35. The third-order valence-electron chi connectivity index (χ3n) is 3.42. The predicted molar refractivity (Wildman–Crippen MR) is 78.4 cm³/mol. The summed E-state index contributed by atoms with van der Waals surface area (Å²) in [5.74, 6) is 0.177. The number of Topliss-reactive ketones (excluding diaryl/α,β-unsaturated/α-hetero) is 1. The Morgan fingerprint density at radius 2 is 1.84 bits per heavy atom. The van der Waals surface area contributed by atoms with Gasteiger partial charge in [-0.2, -0.15) is 0 Å². The van der Waals surface area contributed by atoms with Gasteiger partial charge in [-0.3, -0.25) is 4.79 Å². The average Bonchev–Trinajstić information content (AvgIpc) is 2.91. The number of benzene rings is 2. The fourth-order valence-corrected chi connectivity index (χ4v) is 2.43. The number of ketones is 1. The molecule has 0 unspecified atom stereocenters. The minimum Gasteiger partial charge on any atom is -0.360 e. The molecule has 94 valence electrons. The van der Waals surface area contributed by atoms with Gasteiger partial charge in [-0.15, -0.1) is 0 Å². The lowest BCUT2D eigenvalue weighted by molar-refractivity contribution is 0.0990. The molecule has 0 bridgehead atoms. The summed E-state index contributed by atoms with van der Waals surface area (Å²) in [6.07, 6.45) is 2.35. The molecule has 2 nitrogen and oxygen atoms in total. The fourth-order valence-electron chi connectivity index (χ4n) is 2.43. The van der Waals surface area contributed by atoms with Crippen molar-refractivity contribution >= 4 is 16.7 Å². The van der Waals surface area contributed by atoms with E-state index in [1.165, 1.54) is 0 Å². The number of fused-ring (bicyclic) bond motifs is 1. The van der Waals surface area contributed by atoms with Crippen LogP contribution >= 0.6 is 0 Å². The van der Waals surface area contributed by atoms with Gasteiger partial charge in [0.1, 0.15) is 0 Å². The van der Waals surface area contributed by atoms with E-state index in [4.69, 9.17) is 0 Å². The third kappa shape index (κ3) is 1.95. The van der Waals surface area contributed by atoms with Gasteiger partial charge in [0.05, 0.1) is 5.52 Å². The van der Waals surface area contributed by atoms with E-state index in [-0.39, 0.29) is 5.78 Å². The molecule has 2 aromatic carbocycles. The molecule has 0 aliphatic carbocycles. The number of carbonyl (C=O) groups is 1. The SMILES string of the molecule is CCC(=O)c1c[nH]c2c(-c3ccccc3)cccc12. The minimum atomic E-state index is 0.177. The molecule has 0 radical (unpaired) electrons. The summed E-state index contributed by atoms with van der Waals surface area (Å²) >= 11 is 0. The summed E-state index contributed by atoms with van der Waals surface area (Å²) in [6, 6.07) is 16.3. The predicted octanol–water partition coefficient (Wildman–Crippen LogP) is 4.43. The van der Waals surface area contributed by atoms with Crippen LogP contribution < -0.4 is 0 Å². The number of hydrogen-bond acceptors (Lipinski definition) is 1. The Morgan fingerprint density at radius 3 is 2.58 bits per heavy atom. The number of hydrogen-bond donors (Lipinski definition) is 1. The van der Waals surface area contributed by atoms with E-state index in [9.17, 15) is 4.79 Å². The second-order valence-electron chi connectivity index (χ2n) is 4.57. The fraction of sp³-hybridized carbons (Fsp3) is 0.118. The van der Waals surface area contributed by atoms with E-state index >= 15 is 0 Å². The highest BCUT2D eigenvalue weighted by molar-refractivity contribution is 6.10. The molecule has 3 aromatic rings. The van der Waals surface area contributed by atoms with Crippen LogP contribution in [0, 0.1) is 0 Å². The van der Waals surface area contributed by atoms with E-state index in [1.54, 1.807) is 0 Å². The van der Waals surface area contributed by atoms with E-state index in [2.05, 4.69) is 23.2 Å². The Balaban J connectivity index is 2.23. The summed E-state index contributed by atoms with van der Waals surface area (Å²) in [5, 5.41) is 1.01. The second-order valence-corrected chi connectivity index (χ2v) is 4.57. The average molecular weight is 249 g/mol. The van der Waals surface area contributed by atoms with Gasteiger partial charge in [-0.1, -0.05) is 55.5 Å². The standard InChI is InChI=1S/C17H15NO/c1-2-16(19)15-11-18-17-13(9-6-10-14(15)17)12-7-4-3-5-8-12/h3-11,18H,2H2,1H3. The highest BCUT2D eigenvalue weighted by Gasteiger charge is 2.12. The molecule has 3 rings (SSSR count). The van der Waals surface area contributed by atoms with E-state index < -0.39 is 0 Å². The Kier molecular flexibility index (Phi) is 2.92. The zero-order valence-electron chi connectivity index (χ0n) is 10.8. The van der Waals surface area contributed by atoms with Gasteiger partial charge in [-0.05, 0) is 5.56 Å². The van der Waals surface area contributed by atoms with Crippen LogP contribution in [0.4, 0.5) is 0 Å². The maximum atomic E-state index is 11.9. The van der Waals surface area contributed by atoms with Crippen molar-refractivity contribution in [1.82, 2.24) is 4.98 Å². The molecule has 0 aliphatic rings. The molecular weight excluding hydrogens is 234 g/mol. The van der Waals surface area contributed by atoms with Crippen molar-refractivity contribution in [2.45, 2.75) is 13.3 Å². The van der Waals surface area contributed by atoms with Crippen molar-refractivity contribution in [3.63, 3.8) is 0 Å². The van der Waals surface area contributed by atoms with Gasteiger partial charge in [0.2, 0.25) is 0 Å². The third-order valence-corrected chi connectivity index (χ3v) is 3.42. The van der Waals surface area contributed by atoms with Gasteiger partial charge >= 0.3 is 0 Å². The molecule has 0 aliphatic heterocycles. The van der Waals surface area contributed by atoms with Crippen molar-refractivity contribution in [2.24, 2.45) is 0 Å². The van der Waals surface area contributed by atoms with Crippen LogP contribution in [-0.4, -0.2) is 10.8 Å². The van der Waals surface area contributed by atoms with Crippen molar-refractivity contribution in [3.8, 4) is 11.1 Å². The quantitative estimate of drug-likeness (QED) is 0.684. The van der Waals surface area contributed by atoms with E-state index in [1.807, 2.05) is 43.5 Å². The smallest absolute Gasteiger partial charge is 0.164 e. The van der Waals surface area contributed by atoms with Gasteiger partial charge < -0.3 is 4.98 Å². The summed E-state index contributed by atoms with van der Waals surface area (Å²) in [4.78, 5) is 15.2. The molecule has 0 atom stereocenters. The molecular formula is C17H15NO. The highest BCUT2D eigenvalue weighted by Crippen LogP contribution is 2.29. The monoisotopic (exact) mass is 249 g/mol. The van der Waals surface area contributed by atoms with Gasteiger partial charge in [0.15, 0.2) is 5.78 Å². The number of aromatic amines is 1. The van der Waals surface area contributed by atoms with Gasteiger partial charge in [0, 0.05) is 29.1 Å². The minimum absolute atomic E-state index is 0.177. The lowest BCUT2D eigenvalue weighted by atomic mass is 10.0. The molecule has 1 N–H and O–H groups in total. The zero-order chi connectivity index (χ0) is 13.2. The van der Waals surface area contributed by atoms with Crippen molar-refractivity contribution in [2.75, 3.05) is 0 Å². The lowest BCUT2D eigenvalue weighted by Gasteiger charge is -2.03. The van der Waals surface area contributed by atoms with E-state index in [0.717, 1.165) is 27.6 Å². The van der Waals surface area contributed by atoms with Crippen LogP contribution in [0.2, 0.25) is 0 Å². The molecule has 2 heteroatoms. The number of nitrogens with one attached hydrogen (secondary N) is 1. The summed E-state index contributed by atoms with van der Waals surface area (Å²) < 4.78 is 0. The highest BCUT2D eigenvalue weighted by atomic mass is 16.1. The Bertz CT molecular complexity index is 725. The van der Waals surface area contributed by atoms with Crippen molar-refractivity contribution in [3.05, 3.63) is 60.3 Å². The second kappa shape index (κ2) is 4.73. The lowest BCUT2D eigenvalue weighted by Crippen LogP contribution is -1.94. The number of carbonyl (C=O) groups excluding carboxylic acids is 1. The van der Waals surface area contributed by atoms with Crippen LogP contribution in [0.25, 0.3) is 22.0 Å². The summed E-state index contributed by atoms with van der Waals surface area (Å²) in [7, 11) is 0. The molecule has 1 aromatic heterocycles. The van der Waals surface area contributed by atoms with Crippen molar-refractivity contribution in [1.29, 1.82) is 0 Å². The molecule has 0 saturated carbocycles. The maximum absolute atomic E-state index is 11.9. The molecule has 0 amide bonds. The first-order valence-electron chi connectivity index (χ1n) is 6.50. The molecule has 0 fully saturated rings. The Morgan fingerprint density at radius 1 is 1.05 bits per heavy atom. The number of para-hydroxylation sites is 1. The first-order valence-corrected chi connectivity index (χ1v) is 6.50. The summed E-state index contributed by atoms with van der Waals surface area (Å²) in [5.41, 5.74) is 4.11. The van der Waals surface area contributed by atoms with E-state index in [0.29, 0.717) is 6.42 Å². The topological polar surface area (TPSA) is 32.9 Å². The number of rotatable bonds is 3. The zero-order valence-corrected chi connectivity index (χ0v) is 10.8. The molecule has 0 spiro atoms. The molecule has 1 heterocycles. The first-order chi connectivity index (χ1) is 9.31. The molecule has 19 heavy (non-hydrogen) atoms. The van der Waals surface area contributed by atoms with Crippen LogP contribution in [0.3, 0.4) is 0 Å². The first kappa shape index (κ1) is 11.7. The van der Waals surface area contributed by atoms with Crippen LogP contribution in [0.5, 0.6) is 0 Å². The maximum Gasteiger partial charge on any atom is 0.164 e. The normalized spacial score (nSPS) is 10.8. The Labute approximate surface area is 112 Å². The van der Waals surface area contributed by atoms with Gasteiger partial charge in [0.25, 0.3) is 0 Å². The summed E-state index contributed by atoms with van der Waals surface area (Å²) in [6.45, 7) is 1.89. The van der Waals surface area contributed by atoms with Crippen LogP contribution in [-0.2, 0) is 0 Å². The van der Waals surface area contributed by atoms with Crippen LogP contribution in [0.15, 0.2) is 54.7 Å². The number of H-pyrrole nitrogens is 1. The molecule has 0 saturated heterocycles.